The van der Waals surface area contributed by atoms with E-state index in [0.29, 0.717) is 0 Å². The van der Waals surface area contributed by atoms with E-state index in [-0.39, 0.29) is 11.3 Å². The van der Waals surface area contributed by atoms with Gasteiger partial charge in [0.15, 0.2) is 12.5 Å². The minimum absolute atomic E-state index is 0.151. The van der Waals surface area contributed by atoms with Crippen molar-refractivity contribution >= 4 is 5.97 Å². The van der Waals surface area contributed by atoms with E-state index in [1.165, 1.54) is 12.3 Å². The van der Waals surface area contributed by atoms with Gasteiger partial charge in [0.05, 0.1) is 6.20 Å². The van der Waals surface area contributed by atoms with Gasteiger partial charge in [0.2, 0.25) is 0 Å². The molecule has 0 saturated carbocycles. The quantitative estimate of drug-likeness (QED) is 0.637. The highest BCUT2D eigenvalue weighted by atomic mass is 19.4. The van der Waals surface area contributed by atoms with Gasteiger partial charge < -0.3 is 14.6 Å². The van der Waals surface area contributed by atoms with E-state index >= 15 is 0 Å². The lowest BCUT2D eigenvalue weighted by Crippen LogP contribution is -2.19. The molecule has 0 aliphatic heterocycles. The summed E-state index contributed by atoms with van der Waals surface area (Å²) in [5, 5.41) is 8.72. The lowest BCUT2D eigenvalue weighted by Gasteiger charge is -2.10. The molecule has 94 valence electrons. The Bertz CT molecular complexity index is 394. The number of carboxylic acid groups (broad SMARTS) is 1. The van der Waals surface area contributed by atoms with Gasteiger partial charge >= 0.3 is 12.1 Å². The molecular formula is C9H8F3NO4. The molecule has 0 aromatic carbocycles. The van der Waals surface area contributed by atoms with E-state index < -0.39 is 25.5 Å². The fraction of sp³-hybridized carbons (Fsp3) is 0.333. The minimum Gasteiger partial charge on any atom is -0.478 e. The fourth-order valence-corrected chi connectivity index (χ4v) is 0.934. The summed E-state index contributed by atoms with van der Waals surface area (Å²) >= 11 is 0. The van der Waals surface area contributed by atoms with Gasteiger partial charge in [-0.25, -0.2) is 4.79 Å². The summed E-state index contributed by atoms with van der Waals surface area (Å²) < 4.78 is 44.0. The van der Waals surface area contributed by atoms with E-state index in [9.17, 15) is 18.0 Å². The molecule has 5 nitrogen and oxygen atoms in total. The monoisotopic (exact) mass is 251 g/mol. The number of carboxylic acids is 1. The summed E-state index contributed by atoms with van der Waals surface area (Å²) in [5.41, 5.74) is -0.199. The predicted molar refractivity (Wildman–Crippen MR) is 48.7 cm³/mol. The number of aromatic nitrogens is 1. The topological polar surface area (TPSA) is 68.7 Å². The van der Waals surface area contributed by atoms with Crippen LogP contribution in [0.25, 0.3) is 0 Å². The molecule has 0 radical (unpaired) electrons. The Labute approximate surface area is 93.8 Å². The minimum atomic E-state index is -4.45. The summed E-state index contributed by atoms with van der Waals surface area (Å²) in [5.74, 6) is -1.42. The molecule has 0 atom stereocenters. The molecular weight excluding hydrogens is 243 g/mol. The number of aromatic carboxylic acids is 1. The Morgan fingerprint density at radius 3 is 2.76 bits per heavy atom. The zero-order valence-corrected chi connectivity index (χ0v) is 8.40. The molecule has 1 aromatic rings. The van der Waals surface area contributed by atoms with Gasteiger partial charge in [-0.1, -0.05) is 0 Å². The standard InChI is InChI=1S/C9H8F3NO4/c10-9(11,12)4-16-5-17-7-3-13-2-1-6(7)8(14)15/h1-3H,4-5H2,(H,14,15). The summed E-state index contributed by atoms with van der Waals surface area (Å²) in [6, 6.07) is 1.17. The summed E-state index contributed by atoms with van der Waals surface area (Å²) in [6.45, 7) is -2.17. The van der Waals surface area contributed by atoms with Gasteiger partial charge in [-0.15, -0.1) is 0 Å². The van der Waals surface area contributed by atoms with Crippen molar-refractivity contribution in [2.45, 2.75) is 6.18 Å². The molecule has 0 aliphatic carbocycles. The predicted octanol–water partition coefficient (Wildman–Crippen LogP) is 1.70. The average Bonchev–Trinajstić information content (AvgIpc) is 2.23. The van der Waals surface area contributed by atoms with Gasteiger partial charge in [0, 0.05) is 6.20 Å². The number of nitrogens with zero attached hydrogens (tertiary/aromatic N) is 1. The second-order valence-corrected chi connectivity index (χ2v) is 2.90. The first-order chi connectivity index (χ1) is 7.90. The molecule has 17 heavy (non-hydrogen) atoms. The maximum absolute atomic E-state index is 11.7. The second kappa shape index (κ2) is 5.48. The van der Waals surface area contributed by atoms with Gasteiger partial charge in [-0.3, -0.25) is 4.98 Å². The zero-order valence-electron chi connectivity index (χ0n) is 8.40. The molecule has 0 bridgehead atoms. The molecule has 1 rings (SSSR count). The van der Waals surface area contributed by atoms with Crippen LogP contribution in [0.3, 0.4) is 0 Å². The molecule has 0 saturated heterocycles. The Morgan fingerprint density at radius 1 is 1.47 bits per heavy atom. The molecule has 0 unspecified atom stereocenters. The van der Waals surface area contributed by atoms with Crippen LogP contribution in [-0.4, -0.2) is 35.6 Å². The van der Waals surface area contributed by atoms with Crippen molar-refractivity contribution in [3.8, 4) is 5.75 Å². The van der Waals surface area contributed by atoms with Crippen LogP contribution in [-0.2, 0) is 4.74 Å². The summed E-state index contributed by atoms with van der Waals surface area (Å²) in [4.78, 5) is 14.3. The number of hydrogen-bond donors (Lipinski definition) is 1. The van der Waals surface area contributed by atoms with Crippen LogP contribution in [0, 0.1) is 0 Å². The smallest absolute Gasteiger partial charge is 0.411 e. The average molecular weight is 251 g/mol. The lowest BCUT2D eigenvalue weighted by molar-refractivity contribution is -0.186. The van der Waals surface area contributed by atoms with Crippen molar-refractivity contribution < 1.29 is 32.5 Å². The van der Waals surface area contributed by atoms with Crippen molar-refractivity contribution in [3.63, 3.8) is 0 Å². The Balaban J connectivity index is 2.49. The second-order valence-electron chi connectivity index (χ2n) is 2.90. The normalized spacial score (nSPS) is 11.2. The molecule has 0 amide bonds. The van der Waals surface area contributed by atoms with Crippen LogP contribution in [0.2, 0.25) is 0 Å². The number of alkyl halides is 3. The number of ether oxygens (including phenoxy) is 2. The molecule has 1 N–H and O–H groups in total. The van der Waals surface area contributed by atoms with Crippen LogP contribution in [0.5, 0.6) is 5.75 Å². The lowest BCUT2D eigenvalue weighted by atomic mass is 10.2. The largest absolute Gasteiger partial charge is 0.478 e. The number of rotatable bonds is 5. The van der Waals surface area contributed by atoms with Crippen LogP contribution in [0.1, 0.15) is 10.4 Å². The van der Waals surface area contributed by atoms with Crippen molar-refractivity contribution in [2.24, 2.45) is 0 Å². The molecule has 8 heteroatoms. The third kappa shape index (κ3) is 4.68. The highest BCUT2D eigenvalue weighted by molar-refractivity contribution is 5.90. The maximum atomic E-state index is 11.7. The van der Waals surface area contributed by atoms with E-state index in [1.54, 1.807) is 0 Å². The third-order valence-corrected chi connectivity index (χ3v) is 1.58. The van der Waals surface area contributed by atoms with Crippen LogP contribution in [0.4, 0.5) is 13.2 Å². The number of halogens is 3. The van der Waals surface area contributed by atoms with Crippen LogP contribution in [0.15, 0.2) is 18.5 Å². The first-order valence-electron chi connectivity index (χ1n) is 4.35. The van der Waals surface area contributed by atoms with E-state index in [2.05, 4.69) is 9.72 Å². The first kappa shape index (κ1) is 13.2. The van der Waals surface area contributed by atoms with E-state index in [4.69, 9.17) is 9.84 Å². The Morgan fingerprint density at radius 2 is 2.18 bits per heavy atom. The van der Waals surface area contributed by atoms with Gasteiger partial charge in [0.1, 0.15) is 12.2 Å². The molecule has 1 heterocycles. The van der Waals surface area contributed by atoms with E-state index in [1.807, 2.05) is 0 Å². The molecule has 0 aliphatic rings. The van der Waals surface area contributed by atoms with Crippen molar-refractivity contribution in [3.05, 3.63) is 24.0 Å². The molecule has 0 fully saturated rings. The fourth-order valence-electron chi connectivity index (χ4n) is 0.934. The first-order valence-corrected chi connectivity index (χ1v) is 4.35. The zero-order chi connectivity index (χ0) is 12.9. The number of hydrogen-bond acceptors (Lipinski definition) is 4. The third-order valence-electron chi connectivity index (χ3n) is 1.58. The van der Waals surface area contributed by atoms with Crippen molar-refractivity contribution in [1.82, 2.24) is 4.98 Å². The van der Waals surface area contributed by atoms with Gasteiger partial charge in [-0.2, -0.15) is 13.2 Å². The highest BCUT2D eigenvalue weighted by Gasteiger charge is 2.27. The number of pyridine rings is 1. The van der Waals surface area contributed by atoms with Crippen molar-refractivity contribution in [1.29, 1.82) is 0 Å². The maximum Gasteiger partial charge on any atom is 0.411 e. The molecule has 1 aromatic heterocycles. The Hall–Kier alpha value is -1.83. The van der Waals surface area contributed by atoms with Crippen molar-refractivity contribution in [2.75, 3.05) is 13.4 Å². The van der Waals surface area contributed by atoms with Gasteiger partial charge in [-0.05, 0) is 6.07 Å². The highest BCUT2D eigenvalue weighted by Crippen LogP contribution is 2.17. The summed E-state index contributed by atoms with van der Waals surface area (Å²) in [6.07, 6.45) is -2.14. The van der Waals surface area contributed by atoms with Gasteiger partial charge in [0.25, 0.3) is 0 Å². The summed E-state index contributed by atoms with van der Waals surface area (Å²) in [7, 11) is 0. The molecule has 0 spiro atoms. The van der Waals surface area contributed by atoms with Crippen LogP contribution < -0.4 is 4.74 Å². The Kier molecular flexibility index (Phi) is 4.27. The van der Waals surface area contributed by atoms with E-state index in [0.717, 1.165) is 6.20 Å². The van der Waals surface area contributed by atoms with Crippen LogP contribution >= 0.6 is 0 Å². The number of carbonyl (C=O) groups is 1. The SMILES string of the molecule is O=C(O)c1ccncc1OCOCC(F)(F)F.